The fourth-order valence-electron chi connectivity index (χ4n) is 1.89. The van der Waals surface area contributed by atoms with Gasteiger partial charge in [0.1, 0.15) is 0 Å². The lowest BCUT2D eigenvalue weighted by atomic mass is 10.2. The second kappa shape index (κ2) is 7.82. The molecule has 22 heavy (non-hydrogen) atoms. The van der Waals surface area contributed by atoms with Gasteiger partial charge in [-0.3, -0.25) is 0 Å². The van der Waals surface area contributed by atoms with Crippen LogP contribution in [0.15, 0.2) is 36.7 Å². The molecule has 2 amide bonds. The highest BCUT2D eigenvalue weighted by Crippen LogP contribution is 2.20. The number of hydrogen-bond donors (Lipinski definition) is 3. The highest BCUT2D eigenvalue weighted by molar-refractivity contribution is 6.32. The zero-order chi connectivity index (χ0) is 15.9. The molecule has 118 valence electrons. The van der Waals surface area contributed by atoms with Crippen molar-refractivity contribution in [1.82, 2.24) is 15.1 Å². The first-order valence-electron chi connectivity index (χ1n) is 7.12. The third-order valence-electron chi connectivity index (χ3n) is 3.17. The monoisotopic (exact) mass is 322 g/mol. The van der Waals surface area contributed by atoms with Gasteiger partial charge >= 0.3 is 6.03 Å². The lowest BCUT2D eigenvalue weighted by Gasteiger charge is -2.09. The molecule has 6 nitrogen and oxygen atoms in total. The SMILES string of the molecule is CCC(O)CCNC(=O)Nc1cnn(-c2ccccc2Cl)c1. The summed E-state index contributed by atoms with van der Waals surface area (Å²) in [4.78, 5) is 11.7. The Kier molecular flexibility index (Phi) is 5.80. The molecular formula is C15H19ClN4O2. The van der Waals surface area contributed by atoms with E-state index in [1.165, 1.54) is 0 Å². The molecule has 0 spiro atoms. The van der Waals surface area contributed by atoms with Crippen molar-refractivity contribution in [2.45, 2.75) is 25.9 Å². The Hall–Kier alpha value is -2.05. The lowest BCUT2D eigenvalue weighted by molar-refractivity contribution is 0.160. The summed E-state index contributed by atoms with van der Waals surface area (Å²) >= 11 is 6.10. The van der Waals surface area contributed by atoms with Crippen LogP contribution in [0.25, 0.3) is 5.69 Å². The molecule has 0 bridgehead atoms. The van der Waals surface area contributed by atoms with Gasteiger partial charge in [-0.05, 0) is 25.0 Å². The number of halogens is 1. The Labute approximate surface area is 134 Å². The summed E-state index contributed by atoms with van der Waals surface area (Å²) in [5.74, 6) is 0. The maximum absolute atomic E-state index is 11.7. The number of amides is 2. The Morgan fingerprint density at radius 1 is 1.45 bits per heavy atom. The van der Waals surface area contributed by atoms with Crippen molar-refractivity contribution >= 4 is 23.3 Å². The highest BCUT2D eigenvalue weighted by atomic mass is 35.5. The van der Waals surface area contributed by atoms with Crippen molar-refractivity contribution in [3.05, 3.63) is 41.7 Å². The summed E-state index contributed by atoms with van der Waals surface area (Å²) in [6.07, 6.45) is 4.05. The van der Waals surface area contributed by atoms with Crippen LogP contribution in [0.4, 0.5) is 10.5 Å². The van der Waals surface area contributed by atoms with Crippen molar-refractivity contribution in [3.63, 3.8) is 0 Å². The van der Waals surface area contributed by atoms with Crippen molar-refractivity contribution < 1.29 is 9.90 Å². The van der Waals surface area contributed by atoms with Gasteiger partial charge in [0, 0.05) is 6.54 Å². The minimum absolute atomic E-state index is 0.331. The van der Waals surface area contributed by atoms with Gasteiger partial charge in [-0.1, -0.05) is 30.7 Å². The van der Waals surface area contributed by atoms with E-state index in [0.717, 1.165) is 5.69 Å². The van der Waals surface area contributed by atoms with Crippen LogP contribution >= 0.6 is 11.6 Å². The molecule has 0 aliphatic carbocycles. The van der Waals surface area contributed by atoms with Gasteiger partial charge in [-0.25, -0.2) is 9.48 Å². The number of anilines is 1. The van der Waals surface area contributed by atoms with Crippen molar-refractivity contribution in [1.29, 1.82) is 0 Å². The first kappa shape index (κ1) is 16.3. The van der Waals surface area contributed by atoms with Crippen LogP contribution in [-0.2, 0) is 0 Å². The van der Waals surface area contributed by atoms with E-state index in [9.17, 15) is 9.90 Å². The number of urea groups is 1. The van der Waals surface area contributed by atoms with Crippen LogP contribution in [0.1, 0.15) is 19.8 Å². The van der Waals surface area contributed by atoms with Crippen LogP contribution in [-0.4, -0.2) is 33.6 Å². The van der Waals surface area contributed by atoms with E-state index in [0.29, 0.717) is 30.1 Å². The van der Waals surface area contributed by atoms with Crippen molar-refractivity contribution in [2.24, 2.45) is 0 Å². The van der Waals surface area contributed by atoms with Crippen LogP contribution in [0.5, 0.6) is 0 Å². The second-order valence-corrected chi connectivity index (χ2v) is 5.26. The summed E-state index contributed by atoms with van der Waals surface area (Å²) in [5.41, 5.74) is 1.30. The van der Waals surface area contributed by atoms with Gasteiger partial charge in [0.25, 0.3) is 0 Å². The number of carbonyl (C=O) groups is 1. The maximum Gasteiger partial charge on any atom is 0.319 e. The van der Waals surface area contributed by atoms with E-state index in [1.807, 2.05) is 25.1 Å². The number of para-hydroxylation sites is 1. The molecule has 3 N–H and O–H groups in total. The Bertz CT molecular complexity index is 630. The topological polar surface area (TPSA) is 79.2 Å². The summed E-state index contributed by atoms with van der Waals surface area (Å²) in [5, 5.41) is 19.5. The largest absolute Gasteiger partial charge is 0.393 e. The third-order valence-corrected chi connectivity index (χ3v) is 3.49. The van der Waals surface area contributed by atoms with Crippen molar-refractivity contribution in [3.8, 4) is 5.69 Å². The zero-order valence-electron chi connectivity index (χ0n) is 12.3. The standard InChI is InChI=1S/C15H19ClN4O2/c1-2-12(21)7-8-17-15(22)19-11-9-18-20(10-11)14-6-4-3-5-13(14)16/h3-6,9-10,12,21H,2,7-8H2,1H3,(H2,17,19,22). The Balaban J connectivity index is 1.90. The molecule has 1 aromatic carbocycles. The van der Waals surface area contributed by atoms with Gasteiger partial charge in [-0.15, -0.1) is 0 Å². The fraction of sp³-hybridized carbons (Fsp3) is 0.333. The normalized spacial score (nSPS) is 12.0. The first-order chi connectivity index (χ1) is 10.6. The fourth-order valence-corrected chi connectivity index (χ4v) is 2.11. The minimum atomic E-state index is -0.386. The highest BCUT2D eigenvalue weighted by Gasteiger charge is 2.07. The molecule has 1 heterocycles. The molecule has 0 fully saturated rings. The molecule has 0 aliphatic heterocycles. The molecule has 1 atom stereocenters. The molecule has 1 unspecified atom stereocenters. The number of hydrogen-bond acceptors (Lipinski definition) is 3. The minimum Gasteiger partial charge on any atom is -0.393 e. The van der Waals surface area contributed by atoms with Gasteiger partial charge < -0.3 is 15.7 Å². The molecule has 0 saturated heterocycles. The molecule has 0 aliphatic rings. The predicted octanol–water partition coefficient (Wildman–Crippen LogP) is 2.81. The molecule has 0 saturated carbocycles. The molecule has 1 aromatic heterocycles. The zero-order valence-corrected chi connectivity index (χ0v) is 13.0. The van der Waals surface area contributed by atoms with Gasteiger partial charge in [0.2, 0.25) is 0 Å². The van der Waals surface area contributed by atoms with Crippen LogP contribution < -0.4 is 10.6 Å². The van der Waals surface area contributed by atoms with Crippen LogP contribution in [0.3, 0.4) is 0 Å². The number of rotatable bonds is 6. The predicted molar refractivity (Wildman–Crippen MR) is 86.5 cm³/mol. The summed E-state index contributed by atoms with van der Waals surface area (Å²) in [6.45, 7) is 2.31. The van der Waals surface area contributed by atoms with E-state index < -0.39 is 0 Å². The number of carbonyl (C=O) groups excluding carboxylic acids is 1. The summed E-state index contributed by atoms with van der Waals surface area (Å²) in [7, 11) is 0. The summed E-state index contributed by atoms with van der Waals surface area (Å²) in [6, 6.07) is 6.99. The van der Waals surface area contributed by atoms with Gasteiger partial charge in [0.15, 0.2) is 0 Å². The Morgan fingerprint density at radius 2 is 2.23 bits per heavy atom. The third kappa shape index (κ3) is 4.47. The average molecular weight is 323 g/mol. The smallest absolute Gasteiger partial charge is 0.319 e. The number of aliphatic hydroxyl groups excluding tert-OH is 1. The van der Waals surface area contributed by atoms with Crippen molar-refractivity contribution in [2.75, 3.05) is 11.9 Å². The molecule has 0 radical (unpaired) electrons. The molecule has 2 aromatic rings. The van der Waals surface area contributed by atoms with E-state index in [-0.39, 0.29) is 12.1 Å². The molecular weight excluding hydrogens is 304 g/mol. The Morgan fingerprint density at radius 3 is 2.95 bits per heavy atom. The summed E-state index contributed by atoms with van der Waals surface area (Å²) < 4.78 is 1.60. The number of nitrogens with one attached hydrogen (secondary N) is 2. The van der Waals surface area contributed by atoms with E-state index in [2.05, 4.69) is 15.7 Å². The van der Waals surface area contributed by atoms with E-state index >= 15 is 0 Å². The number of benzene rings is 1. The number of nitrogens with zero attached hydrogens (tertiary/aromatic N) is 2. The molecule has 7 heteroatoms. The van der Waals surface area contributed by atoms with E-state index in [1.54, 1.807) is 23.1 Å². The molecule has 2 rings (SSSR count). The van der Waals surface area contributed by atoms with Gasteiger partial charge in [-0.2, -0.15) is 5.10 Å². The first-order valence-corrected chi connectivity index (χ1v) is 7.50. The maximum atomic E-state index is 11.7. The van der Waals surface area contributed by atoms with Gasteiger partial charge in [0.05, 0.1) is 34.9 Å². The quantitative estimate of drug-likeness (QED) is 0.765. The number of aromatic nitrogens is 2. The van der Waals surface area contributed by atoms with Crippen LogP contribution in [0, 0.1) is 0 Å². The van der Waals surface area contributed by atoms with E-state index in [4.69, 9.17) is 11.6 Å². The average Bonchev–Trinajstić information content (AvgIpc) is 2.95. The lowest BCUT2D eigenvalue weighted by Crippen LogP contribution is -2.31. The number of aliphatic hydroxyl groups is 1. The second-order valence-electron chi connectivity index (χ2n) is 4.86. The van der Waals surface area contributed by atoms with Crippen LogP contribution in [0.2, 0.25) is 5.02 Å².